The van der Waals surface area contributed by atoms with Gasteiger partial charge in [-0.2, -0.15) is 0 Å². The molecule has 3 rings (SSSR count). The highest BCUT2D eigenvalue weighted by Gasteiger charge is 2.13. The number of aromatic amines is 1. The van der Waals surface area contributed by atoms with Crippen LogP contribution in [-0.2, 0) is 0 Å². The molecule has 0 aromatic carbocycles. The minimum Gasteiger partial charge on any atom is -0.397 e. The second-order valence-corrected chi connectivity index (χ2v) is 4.98. The summed E-state index contributed by atoms with van der Waals surface area (Å²) in [7, 11) is 0. The Bertz CT molecular complexity index is 820. The number of nitrogens with two attached hydrogens (primary N) is 1. The molecular formula is C15H13ClN4. The fourth-order valence-electron chi connectivity index (χ4n) is 2.19. The summed E-state index contributed by atoms with van der Waals surface area (Å²) < 4.78 is 0. The van der Waals surface area contributed by atoms with Gasteiger partial charge in [0.15, 0.2) is 0 Å². The van der Waals surface area contributed by atoms with Gasteiger partial charge in [-0.15, -0.1) is 0 Å². The van der Waals surface area contributed by atoms with E-state index in [4.69, 9.17) is 17.3 Å². The highest BCUT2D eigenvalue weighted by molar-refractivity contribution is 6.31. The van der Waals surface area contributed by atoms with Crippen molar-refractivity contribution in [1.29, 1.82) is 0 Å². The largest absolute Gasteiger partial charge is 0.397 e. The number of nitrogens with one attached hydrogen (secondary N) is 1. The van der Waals surface area contributed by atoms with Gasteiger partial charge in [-0.3, -0.25) is 0 Å². The number of halogens is 1. The first-order valence-electron chi connectivity index (χ1n) is 6.12. The Kier molecular flexibility index (Phi) is 2.95. The first-order valence-corrected chi connectivity index (χ1v) is 6.50. The quantitative estimate of drug-likeness (QED) is 0.756. The van der Waals surface area contributed by atoms with Gasteiger partial charge in [-0.05, 0) is 30.7 Å². The Morgan fingerprint density at radius 2 is 2.20 bits per heavy atom. The summed E-state index contributed by atoms with van der Waals surface area (Å²) >= 11 is 6.03. The predicted molar refractivity (Wildman–Crippen MR) is 82.6 cm³/mol. The maximum Gasteiger partial charge on any atom is 0.137 e. The van der Waals surface area contributed by atoms with Crippen LogP contribution in [0.2, 0.25) is 5.02 Å². The molecule has 0 aliphatic carbocycles. The molecule has 5 heteroatoms. The van der Waals surface area contributed by atoms with Crippen molar-refractivity contribution in [2.24, 2.45) is 0 Å². The van der Waals surface area contributed by atoms with Crippen molar-refractivity contribution in [3.8, 4) is 0 Å². The fourth-order valence-corrected chi connectivity index (χ4v) is 2.35. The Labute approximate surface area is 121 Å². The average Bonchev–Trinajstić information content (AvgIpc) is 2.90. The molecule has 3 N–H and O–H groups in total. The zero-order valence-electron chi connectivity index (χ0n) is 10.9. The molecule has 0 bridgehead atoms. The molecule has 3 heterocycles. The van der Waals surface area contributed by atoms with E-state index in [-0.39, 0.29) is 0 Å². The summed E-state index contributed by atoms with van der Waals surface area (Å²) in [6.07, 6.45) is 3.58. The Morgan fingerprint density at radius 1 is 1.40 bits per heavy atom. The van der Waals surface area contributed by atoms with Crippen molar-refractivity contribution in [3.63, 3.8) is 0 Å². The summed E-state index contributed by atoms with van der Waals surface area (Å²) in [5, 5.41) is 1.55. The zero-order valence-corrected chi connectivity index (χ0v) is 11.7. The van der Waals surface area contributed by atoms with E-state index >= 15 is 0 Å². The molecule has 3 aromatic rings. The molecule has 0 unspecified atom stereocenters. The third-order valence-electron chi connectivity index (χ3n) is 3.25. The van der Waals surface area contributed by atoms with Gasteiger partial charge in [-0.1, -0.05) is 18.2 Å². The molecule has 0 fully saturated rings. The first kappa shape index (κ1) is 12.7. The number of fused-ring (bicyclic) bond motifs is 1. The number of aromatic nitrogens is 3. The minimum atomic E-state index is 0.520. The number of pyridine rings is 2. The van der Waals surface area contributed by atoms with Crippen LogP contribution in [0.4, 0.5) is 5.69 Å². The maximum atomic E-state index is 6.03. The molecule has 3 aromatic heterocycles. The monoisotopic (exact) mass is 284 g/mol. The van der Waals surface area contributed by atoms with Crippen molar-refractivity contribution >= 4 is 33.9 Å². The third-order valence-corrected chi connectivity index (χ3v) is 3.63. The van der Waals surface area contributed by atoms with Gasteiger partial charge in [0.2, 0.25) is 0 Å². The lowest BCUT2D eigenvalue weighted by molar-refractivity contribution is 1.17. The number of hydrogen-bond donors (Lipinski definition) is 2. The lowest BCUT2D eigenvalue weighted by Gasteiger charge is -2.11. The van der Waals surface area contributed by atoms with Crippen LogP contribution in [0, 0.1) is 6.92 Å². The second-order valence-electron chi connectivity index (χ2n) is 4.57. The van der Waals surface area contributed by atoms with Crippen molar-refractivity contribution in [3.05, 3.63) is 59.1 Å². The van der Waals surface area contributed by atoms with E-state index in [1.54, 1.807) is 12.3 Å². The molecule has 0 saturated carbocycles. The molecule has 0 aliphatic rings. The van der Waals surface area contributed by atoms with Crippen LogP contribution in [0.25, 0.3) is 16.6 Å². The number of anilines is 1. The van der Waals surface area contributed by atoms with E-state index in [0.29, 0.717) is 16.4 Å². The van der Waals surface area contributed by atoms with Gasteiger partial charge in [0, 0.05) is 23.4 Å². The number of H-pyrrole nitrogens is 1. The van der Waals surface area contributed by atoms with Gasteiger partial charge >= 0.3 is 0 Å². The lowest BCUT2D eigenvalue weighted by Crippen LogP contribution is -2.00. The van der Waals surface area contributed by atoms with Gasteiger partial charge in [-0.25, -0.2) is 9.97 Å². The van der Waals surface area contributed by atoms with Crippen LogP contribution < -0.4 is 5.73 Å². The number of nitrogens with zero attached hydrogens (tertiary/aromatic N) is 2. The van der Waals surface area contributed by atoms with E-state index in [1.807, 2.05) is 25.3 Å². The predicted octanol–water partition coefficient (Wildman–Crippen LogP) is 3.56. The maximum absolute atomic E-state index is 6.03. The molecule has 0 amide bonds. The number of hydrogen-bond acceptors (Lipinski definition) is 3. The Morgan fingerprint density at radius 3 is 3.00 bits per heavy atom. The molecule has 0 saturated heterocycles. The zero-order chi connectivity index (χ0) is 14.3. The van der Waals surface area contributed by atoms with Crippen LogP contribution in [-0.4, -0.2) is 15.0 Å². The topological polar surface area (TPSA) is 67.6 Å². The molecule has 0 aliphatic heterocycles. The van der Waals surface area contributed by atoms with Gasteiger partial charge in [0.1, 0.15) is 5.65 Å². The van der Waals surface area contributed by atoms with E-state index in [1.165, 1.54) is 0 Å². The van der Waals surface area contributed by atoms with E-state index in [2.05, 4.69) is 21.5 Å². The lowest BCUT2D eigenvalue weighted by atomic mass is 10.0. The number of aryl methyl sites for hydroxylation is 1. The van der Waals surface area contributed by atoms with Crippen LogP contribution >= 0.6 is 11.6 Å². The third kappa shape index (κ3) is 1.94. The molecule has 0 spiro atoms. The normalized spacial score (nSPS) is 10.9. The van der Waals surface area contributed by atoms with Crippen LogP contribution in [0.5, 0.6) is 0 Å². The van der Waals surface area contributed by atoms with Crippen LogP contribution in [0.3, 0.4) is 0 Å². The van der Waals surface area contributed by atoms with Crippen LogP contribution in [0.1, 0.15) is 17.0 Å². The summed E-state index contributed by atoms with van der Waals surface area (Å²) in [6.45, 7) is 5.97. The second kappa shape index (κ2) is 4.65. The number of rotatable bonds is 2. The molecular weight excluding hydrogens is 272 g/mol. The van der Waals surface area contributed by atoms with Crippen molar-refractivity contribution in [1.82, 2.24) is 15.0 Å². The first-order chi connectivity index (χ1) is 9.58. The average molecular weight is 285 g/mol. The fraction of sp³-hybridized carbons (Fsp3) is 0.0667. The van der Waals surface area contributed by atoms with Crippen molar-refractivity contribution in [2.75, 3.05) is 5.73 Å². The minimum absolute atomic E-state index is 0.520. The van der Waals surface area contributed by atoms with Gasteiger partial charge in [0.25, 0.3) is 0 Å². The van der Waals surface area contributed by atoms with E-state index < -0.39 is 0 Å². The molecule has 100 valence electrons. The molecule has 4 nitrogen and oxygen atoms in total. The summed E-state index contributed by atoms with van der Waals surface area (Å²) in [5.74, 6) is 0. The summed E-state index contributed by atoms with van der Waals surface area (Å²) in [6, 6.07) is 5.57. The highest BCUT2D eigenvalue weighted by atomic mass is 35.5. The van der Waals surface area contributed by atoms with Gasteiger partial charge in [0.05, 0.1) is 22.1 Å². The van der Waals surface area contributed by atoms with E-state index in [9.17, 15) is 0 Å². The smallest absolute Gasteiger partial charge is 0.137 e. The molecule has 20 heavy (non-hydrogen) atoms. The van der Waals surface area contributed by atoms with Crippen molar-refractivity contribution in [2.45, 2.75) is 6.92 Å². The number of nitrogen functional groups attached to an aromatic ring is 1. The summed E-state index contributed by atoms with van der Waals surface area (Å²) in [5.41, 5.74) is 10.4. The summed E-state index contributed by atoms with van der Waals surface area (Å²) in [4.78, 5) is 11.8. The van der Waals surface area contributed by atoms with Crippen LogP contribution in [0.15, 0.2) is 37.2 Å². The van der Waals surface area contributed by atoms with Gasteiger partial charge < -0.3 is 10.7 Å². The standard InChI is InChI=1S/C15H13ClN4/c1-8(14-13(17)7-12(16)9(2)20-14)10-3-5-18-15-11(10)4-6-19-15/h3-7H,1,17H2,2H3,(H,18,19). The molecule has 0 atom stereocenters. The van der Waals surface area contributed by atoms with Crippen molar-refractivity contribution < 1.29 is 0 Å². The molecule has 0 radical (unpaired) electrons. The van der Waals surface area contributed by atoms with E-state index in [0.717, 1.165) is 27.9 Å². The highest BCUT2D eigenvalue weighted by Crippen LogP contribution is 2.31. The Balaban J connectivity index is 2.18. The Hall–Kier alpha value is -2.33. The SMILES string of the molecule is C=C(c1nc(C)c(Cl)cc1N)c1ccnc2[nH]ccc12.